The Kier molecular flexibility index (Phi) is 8.11. The average molecular weight is 268 g/mol. The first-order valence-electron chi connectivity index (χ1n) is 7.24. The molecule has 0 saturated heterocycles. The van der Waals surface area contributed by atoms with Crippen LogP contribution in [0.15, 0.2) is 24.3 Å². The lowest BCUT2D eigenvalue weighted by Gasteiger charge is -2.17. The van der Waals surface area contributed by atoms with Crippen LogP contribution in [-0.4, -0.2) is 12.6 Å². The monoisotopic (exact) mass is 267 g/mol. The van der Waals surface area contributed by atoms with Gasteiger partial charge in [-0.15, -0.1) is 0 Å². The van der Waals surface area contributed by atoms with E-state index in [1.165, 1.54) is 37.7 Å². The second kappa shape index (κ2) is 9.41. The highest BCUT2D eigenvalue weighted by Crippen LogP contribution is 2.18. The van der Waals surface area contributed by atoms with E-state index in [9.17, 15) is 0 Å². The fourth-order valence-corrected chi connectivity index (χ4v) is 2.52. The summed E-state index contributed by atoms with van der Waals surface area (Å²) in [6.07, 6.45) is 7.30. The fraction of sp³-hybridized carbons (Fsp3) is 0.625. The van der Waals surface area contributed by atoms with Gasteiger partial charge in [0.25, 0.3) is 0 Å². The van der Waals surface area contributed by atoms with Gasteiger partial charge in [-0.25, -0.2) is 0 Å². The Hall–Kier alpha value is -0.530. The number of hydrogen-bond acceptors (Lipinski definition) is 1. The number of nitrogens with one attached hydrogen (secondary N) is 1. The molecule has 1 unspecified atom stereocenters. The number of hydrogen-bond donors (Lipinski definition) is 1. The van der Waals surface area contributed by atoms with Gasteiger partial charge in [-0.05, 0) is 50.3 Å². The summed E-state index contributed by atoms with van der Waals surface area (Å²) in [5, 5.41) is 4.55. The van der Waals surface area contributed by atoms with Gasteiger partial charge in [0.2, 0.25) is 0 Å². The average Bonchev–Trinajstić information content (AvgIpc) is 2.38. The van der Waals surface area contributed by atoms with Crippen molar-refractivity contribution in [2.45, 2.75) is 58.4 Å². The molecule has 1 atom stereocenters. The van der Waals surface area contributed by atoms with Crippen molar-refractivity contribution in [3.05, 3.63) is 34.9 Å². The zero-order chi connectivity index (χ0) is 13.2. The SMILES string of the molecule is CCCNC(CCC)CCCc1ccccc1Cl. The van der Waals surface area contributed by atoms with Gasteiger partial charge in [0.1, 0.15) is 0 Å². The topological polar surface area (TPSA) is 12.0 Å². The maximum atomic E-state index is 6.17. The zero-order valence-corrected chi connectivity index (χ0v) is 12.5. The lowest BCUT2D eigenvalue weighted by molar-refractivity contribution is 0.438. The van der Waals surface area contributed by atoms with Gasteiger partial charge in [0.05, 0.1) is 0 Å². The summed E-state index contributed by atoms with van der Waals surface area (Å²) in [6, 6.07) is 8.86. The summed E-state index contributed by atoms with van der Waals surface area (Å²) in [5.74, 6) is 0. The molecule has 1 aromatic carbocycles. The van der Waals surface area contributed by atoms with Crippen LogP contribution in [0.4, 0.5) is 0 Å². The Morgan fingerprint density at radius 3 is 2.56 bits per heavy atom. The minimum absolute atomic E-state index is 0.678. The first-order chi connectivity index (χ1) is 8.77. The molecule has 18 heavy (non-hydrogen) atoms. The quantitative estimate of drug-likeness (QED) is 0.676. The van der Waals surface area contributed by atoms with Crippen molar-refractivity contribution >= 4 is 11.6 Å². The van der Waals surface area contributed by atoms with Gasteiger partial charge in [-0.2, -0.15) is 0 Å². The molecule has 1 aromatic rings. The van der Waals surface area contributed by atoms with Crippen LogP contribution in [0, 0.1) is 0 Å². The van der Waals surface area contributed by atoms with E-state index in [1.54, 1.807) is 0 Å². The van der Waals surface area contributed by atoms with E-state index in [-0.39, 0.29) is 0 Å². The van der Waals surface area contributed by atoms with Gasteiger partial charge in [0.15, 0.2) is 0 Å². The Balaban J connectivity index is 2.31. The molecule has 0 aromatic heterocycles. The summed E-state index contributed by atoms with van der Waals surface area (Å²) in [7, 11) is 0. The summed E-state index contributed by atoms with van der Waals surface area (Å²) < 4.78 is 0. The van der Waals surface area contributed by atoms with E-state index in [0.717, 1.165) is 18.0 Å². The molecule has 1 N–H and O–H groups in total. The molecule has 2 heteroatoms. The van der Waals surface area contributed by atoms with Gasteiger partial charge in [-0.1, -0.05) is 50.1 Å². The first-order valence-corrected chi connectivity index (χ1v) is 7.62. The van der Waals surface area contributed by atoms with E-state index in [1.807, 2.05) is 12.1 Å². The van der Waals surface area contributed by atoms with Crippen LogP contribution in [-0.2, 0) is 6.42 Å². The molecule has 0 bridgehead atoms. The minimum atomic E-state index is 0.678. The van der Waals surface area contributed by atoms with Crippen LogP contribution in [0.3, 0.4) is 0 Å². The van der Waals surface area contributed by atoms with Gasteiger partial charge in [0, 0.05) is 11.1 Å². The second-order valence-electron chi connectivity index (χ2n) is 4.92. The van der Waals surface area contributed by atoms with Crippen molar-refractivity contribution in [1.29, 1.82) is 0 Å². The van der Waals surface area contributed by atoms with Gasteiger partial charge in [-0.3, -0.25) is 0 Å². The summed E-state index contributed by atoms with van der Waals surface area (Å²) >= 11 is 6.17. The van der Waals surface area contributed by atoms with E-state index in [0.29, 0.717) is 6.04 Å². The Bertz CT molecular complexity index is 325. The maximum Gasteiger partial charge on any atom is 0.0437 e. The Labute approximate surface area is 117 Å². The third-order valence-electron chi connectivity index (χ3n) is 3.28. The second-order valence-corrected chi connectivity index (χ2v) is 5.33. The molecule has 0 aliphatic heterocycles. The number of aryl methyl sites for hydroxylation is 1. The number of halogens is 1. The van der Waals surface area contributed by atoms with Crippen molar-refractivity contribution < 1.29 is 0 Å². The molecule has 0 fully saturated rings. The Morgan fingerprint density at radius 1 is 1.11 bits per heavy atom. The molecule has 0 spiro atoms. The highest BCUT2D eigenvalue weighted by atomic mass is 35.5. The van der Waals surface area contributed by atoms with Crippen molar-refractivity contribution in [2.24, 2.45) is 0 Å². The van der Waals surface area contributed by atoms with Crippen molar-refractivity contribution in [2.75, 3.05) is 6.54 Å². The van der Waals surface area contributed by atoms with Gasteiger partial charge >= 0.3 is 0 Å². The largest absolute Gasteiger partial charge is 0.314 e. The first kappa shape index (κ1) is 15.5. The third kappa shape index (κ3) is 5.88. The minimum Gasteiger partial charge on any atom is -0.314 e. The lowest BCUT2D eigenvalue weighted by atomic mass is 10.0. The van der Waals surface area contributed by atoms with Crippen LogP contribution in [0.1, 0.15) is 51.5 Å². The maximum absolute atomic E-state index is 6.17. The van der Waals surface area contributed by atoms with E-state index < -0.39 is 0 Å². The molecule has 0 amide bonds. The fourth-order valence-electron chi connectivity index (χ4n) is 2.29. The van der Waals surface area contributed by atoms with E-state index in [4.69, 9.17) is 11.6 Å². The molecule has 0 saturated carbocycles. The van der Waals surface area contributed by atoms with Crippen LogP contribution in [0.2, 0.25) is 5.02 Å². The summed E-state index contributed by atoms with van der Waals surface area (Å²) in [5.41, 5.74) is 1.28. The third-order valence-corrected chi connectivity index (χ3v) is 3.65. The molecule has 0 aliphatic rings. The molecule has 0 heterocycles. The van der Waals surface area contributed by atoms with Crippen molar-refractivity contribution in [3.63, 3.8) is 0 Å². The highest BCUT2D eigenvalue weighted by molar-refractivity contribution is 6.31. The van der Waals surface area contributed by atoms with Crippen molar-refractivity contribution in [1.82, 2.24) is 5.32 Å². The standard InChI is InChI=1S/C16H26ClN/c1-3-8-15(18-13-4-2)11-7-10-14-9-5-6-12-16(14)17/h5-6,9,12,15,18H,3-4,7-8,10-11,13H2,1-2H3. The molecule has 0 radical (unpaired) electrons. The molecular formula is C16H26ClN. The summed E-state index contributed by atoms with van der Waals surface area (Å²) in [6.45, 7) is 5.62. The molecule has 1 nitrogen and oxygen atoms in total. The smallest absolute Gasteiger partial charge is 0.0437 e. The van der Waals surface area contributed by atoms with Gasteiger partial charge < -0.3 is 5.32 Å². The number of benzene rings is 1. The molecule has 0 aliphatic carbocycles. The molecule has 102 valence electrons. The van der Waals surface area contributed by atoms with Crippen LogP contribution >= 0.6 is 11.6 Å². The zero-order valence-electron chi connectivity index (χ0n) is 11.7. The van der Waals surface area contributed by atoms with Crippen LogP contribution < -0.4 is 5.32 Å². The molecular weight excluding hydrogens is 242 g/mol. The van der Waals surface area contributed by atoms with Crippen LogP contribution in [0.25, 0.3) is 0 Å². The van der Waals surface area contributed by atoms with E-state index in [2.05, 4.69) is 31.3 Å². The number of rotatable bonds is 9. The summed E-state index contributed by atoms with van der Waals surface area (Å²) in [4.78, 5) is 0. The Morgan fingerprint density at radius 2 is 1.89 bits per heavy atom. The lowest BCUT2D eigenvalue weighted by Crippen LogP contribution is -2.29. The molecule has 1 rings (SSSR count). The predicted molar refractivity (Wildman–Crippen MR) is 81.4 cm³/mol. The van der Waals surface area contributed by atoms with E-state index >= 15 is 0 Å². The normalized spacial score (nSPS) is 12.6. The predicted octanol–water partition coefficient (Wildman–Crippen LogP) is 4.83. The highest BCUT2D eigenvalue weighted by Gasteiger charge is 2.07. The van der Waals surface area contributed by atoms with Crippen molar-refractivity contribution in [3.8, 4) is 0 Å². The van der Waals surface area contributed by atoms with Crippen LogP contribution in [0.5, 0.6) is 0 Å².